The van der Waals surface area contributed by atoms with Crippen LogP contribution in [0, 0.1) is 0 Å². The third-order valence-corrected chi connectivity index (χ3v) is 3.22. The minimum Gasteiger partial charge on any atom is -0.389 e. The van der Waals surface area contributed by atoms with Crippen LogP contribution in [0.4, 0.5) is 5.82 Å². The summed E-state index contributed by atoms with van der Waals surface area (Å²) in [6, 6.07) is 9.98. The van der Waals surface area contributed by atoms with Crippen LogP contribution in [0.5, 0.6) is 0 Å². The average Bonchev–Trinajstić information content (AvgIpc) is 2.93. The van der Waals surface area contributed by atoms with E-state index in [0.717, 1.165) is 29.6 Å². The van der Waals surface area contributed by atoms with E-state index in [1.807, 2.05) is 49.3 Å². The van der Waals surface area contributed by atoms with Crippen molar-refractivity contribution in [3.8, 4) is 0 Å². The fourth-order valence-corrected chi connectivity index (χ4v) is 2.24. The van der Waals surface area contributed by atoms with E-state index in [1.54, 1.807) is 6.33 Å². The summed E-state index contributed by atoms with van der Waals surface area (Å²) in [5.41, 5.74) is 1.98. The molecule has 0 amide bonds. The molecular weight excluding hydrogens is 254 g/mol. The minimum atomic E-state index is 0.456. The molecule has 0 unspecified atom stereocenters. The molecule has 0 bridgehead atoms. The molecule has 0 radical (unpaired) electrons. The van der Waals surface area contributed by atoms with Crippen molar-refractivity contribution in [3.63, 3.8) is 0 Å². The van der Waals surface area contributed by atoms with Crippen molar-refractivity contribution in [2.75, 3.05) is 25.7 Å². The van der Waals surface area contributed by atoms with E-state index in [1.165, 1.54) is 0 Å². The number of amidine groups is 1. The zero-order valence-electron chi connectivity index (χ0n) is 11.6. The van der Waals surface area contributed by atoms with Crippen LogP contribution in [0.15, 0.2) is 41.8 Å². The first-order valence-electron chi connectivity index (χ1n) is 6.45. The van der Waals surface area contributed by atoms with E-state index in [0.29, 0.717) is 6.61 Å². The molecule has 3 rings (SSSR count). The SMILES string of the molecule is CN1CN(C)c2nc[nH]c2/C1=N\OCc1ccccc1. The van der Waals surface area contributed by atoms with Gasteiger partial charge in [-0.15, -0.1) is 0 Å². The number of nitrogens with one attached hydrogen (secondary N) is 1. The Morgan fingerprint density at radius 2 is 2.05 bits per heavy atom. The van der Waals surface area contributed by atoms with Crippen LogP contribution in [0.25, 0.3) is 0 Å². The van der Waals surface area contributed by atoms with Gasteiger partial charge in [-0.05, 0) is 5.56 Å². The molecule has 0 spiro atoms. The second kappa shape index (κ2) is 5.24. The summed E-state index contributed by atoms with van der Waals surface area (Å²) < 4.78 is 0. The van der Waals surface area contributed by atoms with Crippen molar-refractivity contribution >= 4 is 11.7 Å². The summed E-state index contributed by atoms with van der Waals surface area (Å²) in [7, 11) is 3.97. The summed E-state index contributed by atoms with van der Waals surface area (Å²) in [5, 5.41) is 4.25. The fourth-order valence-electron chi connectivity index (χ4n) is 2.24. The molecule has 0 fully saturated rings. The van der Waals surface area contributed by atoms with E-state index >= 15 is 0 Å². The lowest BCUT2D eigenvalue weighted by Gasteiger charge is -2.32. The predicted octanol–water partition coefficient (Wildman–Crippen LogP) is 1.63. The van der Waals surface area contributed by atoms with Crippen molar-refractivity contribution in [2.24, 2.45) is 5.16 Å². The quantitative estimate of drug-likeness (QED) is 0.862. The Bertz CT molecular complexity index is 607. The number of rotatable bonds is 3. The molecule has 1 aliphatic heterocycles. The van der Waals surface area contributed by atoms with Gasteiger partial charge in [0.15, 0.2) is 11.7 Å². The molecule has 0 aliphatic carbocycles. The van der Waals surface area contributed by atoms with Crippen LogP contribution < -0.4 is 4.90 Å². The van der Waals surface area contributed by atoms with Gasteiger partial charge in [0.1, 0.15) is 12.3 Å². The van der Waals surface area contributed by atoms with Crippen LogP contribution in [-0.4, -0.2) is 41.5 Å². The molecule has 6 heteroatoms. The van der Waals surface area contributed by atoms with Crippen LogP contribution in [0.1, 0.15) is 11.3 Å². The number of nitrogens with zero attached hydrogens (tertiary/aromatic N) is 4. The number of aromatic amines is 1. The lowest BCUT2D eigenvalue weighted by molar-refractivity contribution is 0.126. The maximum Gasteiger partial charge on any atom is 0.196 e. The van der Waals surface area contributed by atoms with Gasteiger partial charge < -0.3 is 19.6 Å². The Balaban J connectivity index is 1.76. The largest absolute Gasteiger partial charge is 0.389 e. The van der Waals surface area contributed by atoms with Gasteiger partial charge in [-0.2, -0.15) is 0 Å². The summed E-state index contributed by atoms with van der Waals surface area (Å²) in [6.07, 6.45) is 1.67. The number of hydrogen-bond acceptors (Lipinski definition) is 4. The molecule has 20 heavy (non-hydrogen) atoms. The van der Waals surface area contributed by atoms with Crippen molar-refractivity contribution in [2.45, 2.75) is 6.61 Å². The topological polar surface area (TPSA) is 56.8 Å². The van der Waals surface area contributed by atoms with Crippen LogP contribution in [-0.2, 0) is 11.4 Å². The number of benzene rings is 1. The highest BCUT2D eigenvalue weighted by molar-refractivity contribution is 6.02. The normalized spacial score (nSPS) is 16.4. The molecule has 1 aliphatic rings. The van der Waals surface area contributed by atoms with Gasteiger partial charge in [-0.25, -0.2) is 4.98 Å². The van der Waals surface area contributed by atoms with Gasteiger partial charge in [0.05, 0.1) is 13.0 Å². The number of aromatic nitrogens is 2. The molecule has 104 valence electrons. The Hall–Kier alpha value is -2.50. The molecule has 0 atom stereocenters. The zero-order chi connectivity index (χ0) is 13.9. The summed E-state index contributed by atoms with van der Waals surface area (Å²) in [6.45, 7) is 1.18. The van der Waals surface area contributed by atoms with E-state index in [4.69, 9.17) is 4.84 Å². The van der Waals surface area contributed by atoms with Crippen molar-refractivity contribution in [3.05, 3.63) is 47.9 Å². The second-order valence-electron chi connectivity index (χ2n) is 4.81. The second-order valence-corrected chi connectivity index (χ2v) is 4.81. The van der Waals surface area contributed by atoms with Gasteiger partial charge in [-0.1, -0.05) is 35.5 Å². The Labute approximate surface area is 117 Å². The Morgan fingerprint density at radius 3 is 2.85 bits per heavy atom. The lowest BCUT2D eigenvalue weighted by atomic mass is 10.2. The molecule has 6 nitrogen and oxygen atoms in total. The molecule has 2 heterocycles. The zero-order valence-corrected chi connectivity index (χ0v) is 11.6. The van der Waals surface area contributed by atoms with Crippen molar-refractivity contribution in [1.82, 2.24) is 14.9 Å². The Kier molecular flexibility index (Phi) is 3.28. The third kappa shape index (κ3) is 2.32. The highest BCUT2D eigenvalue weighted by atomic mass is 16.6. The maximum atomic E-state index is 5.47. The molecular formula is C14H17N5O. The van der Waals surface area contributed by atoms with E-state index in [9.17, 15) is 0 Å². The Morgan fingerprint density at radius 1 is 1.25 bits per heavy atom. The maximum absolute atomic E-state index is 5.47. The van der Waals surface area contributed by atoms with Crippen molar-refractivity contribution < 1.29 is 4.84 Å². The third-order valence-electron chi connectivity index (χ3n) is 3.22. The van der Waals surface area contributed by atoms with Gasteiger partial charge in [0, 0.05) is 14.1 Å². The number of imidazole rings is 1. The van der Waals surface area contributed by atoms with E-state index in [2.05, 4.69) is 20.0 Å². The standard InChI is InChI=1S/C14H17N5O/c1-18-10-19(2)14(12-13(18)16-9-15-12)17-20-8-11-6-4-3-5-7-11/h3-7,9H,8,10H2,1-2H3,(H,15,16)/b17-14+. The average molecular weight is 271 g/mol. The summed E-state index contributed by atoms with van der Waals surface area (Å²) in [4.78, 5) is 17.0. The molecule has 0 saturated heterocycles. The van der Waals surface area contributed by atoms with Gasteiger partial charge in [0.25, 0.3) is 0 Å². The first kappa shape index (κ1) is 12.5. The molecule has 1 aromatic carbocycles. The first-order valence-corrected chi connectivity index (χ1v) is 6.45. The first-order chi connectivity index (χ1) is 9.75. The summed E-state index contributed by atoms with van der Waals surface area (Å²) >= 11 is 0. The van der Waals surface area contributed by atoms with Crippen LogP contribution in [0.2, 0.25) is 0 Å². The fraction of sp³-hybridized carbons (Fsp3) is 0.286. The molecule has 2 aromatic rings. The monoisotopic (exact) mass is 271 g/mol. The number of anilines is 1. The number of fused-ring (bicyclic) bond motifs is 1. The predicted molar refractivity (Wildman–Crippen MR) is 77.4 cm³/mol. The summed E-state index contributed by atoms with van der Waals surface area (Å²) in [5.74, 6) is 1.66. The number of oxime groups is 1. The molecule has 1 N–H and O–H groups in total. The van der Waals surface area contributed by atoms with E-state index in [-0.39, 0.29) is 0 Å². The number of hydrogen-bond donors (Lipinski definition) is 1. The van der Waals surface area contributed by atoms with Crippen LogP contribution in [0.3, 0.4) is 0 Å². The molecule has 1 aromatic heterocycles. The van der Waals surface area contributed by atoms with Crippen molar-refractivity contribution in [1.29, 1.82) is 0 Å². The molecule has 0 saturated carbocycles. The highest BCUT2D eigenvalue weighted by Crippen LogP contribution is 2.21. The smallest absolute Gasteiger partial charge is 0.196 e. The van der Waals surface area contributed by atoms with Gasteiger partial charge in [0.2, 0.25) is 0 Å². The van der Waals surface area contributed by atoms with E-state index < -0.39 is 0 Å². The van der Waals surface area contributed by atoms with Gasteiger partial charge in [-0.3, -0.25) is 0 Å². The minimum absolute atomic E-state index is 0.456. The number of H-pyrrole nitrogens is 1. The lowest BCUT2D eigenvalue weighted by Crippen LogP contribution is -2.43. The van der Waals surface area contributed by atoms with Gasteiger partial charge >= 0.3 is 0 Å². The van der Waals surface area contributed by atoms with Crippen LogP contribution >= 0.6 is 0 Å². The highest BCUT2D eigenvalue weighted by Gasteiger charge is 2.26.